The fourth-order valence-corrected chi connectivity index (χ4v) is 3.07. The fraction of sp³-hybridized carbons (Fsp3) is 0.800. The Morgan fingerprint density at radius 2 is 1.85 bits per heavy atom. The van der Waals surface area contributed by atoms with Crippen molar-refractivity contribution in [2.24, 2.45) is 5.73 Å². The lowest BCUT2D eigenvalue weighted by Crippen LogP contribution is -2.52. The molecule has 0 radical (unpaired) electrons. The predicted molar refractivity (Wildman–Crippen MR) is 104 cm³/mol. The van der Waals surface area contributed by atoms with Crippen LogP contribution in [0.4, 0.5) is 0 Å². The number of esters is 1. The van der Waals surface area contributed by atoms with E-state index >= 15 is 0 Å². The van der Waals surface area contributed by atoms with Gasteiger partial charge in [0.15, 0.2) is 0 Å². The van der Waals surface area contributed by atoms with Crippen LogP contribution in [0.1, 0.15) is 77.6 Å². The monoisotopic (exact) mass is 367 g/mol. The third kappa shape index (κ3) is 11.3. The zero-order valence-corrected chi connectivity index (χ0v) is 16.4. The van der Waals surface area contributed by atoms with Gasteiger partial charge in [0.25, 0.3) is 0 Å². The molecule has 1 fully saturated rings. The molecule has 3 N–H and O–H groups in total. The van der Waals surface area contributed by atoms with Gasteiger partial charge in [-0.3, -0.25) is 4.79 Å². The largest absolute Gasteiger partial charge is 0.463 e. The Labute approximate surface area is 158 Å². The van der Waals surface area contributed by atoms with Crippen LogP contribution in [0.15, 0.2) is 12.2 Å². The van der Waals surface area contributed by atoms with Crippen molar-refractivity contribution in [1.29, 1.82) is 0 Å². The number of nitrogens with one attached hydrogen (secondary N) is 1. The van der Waals surface area contributed by atoms with Gasteiger partial charge in [0, 0.05) is 19.2 Å². The number of hydrazine groups is 1. The average molecular weight is 368 g/mol. The summed E-state index contributed by atoms with van der Waals surface area (Å²) in [6, 6.07) is -0.398. The SMILES string of the molecule is CCCCCCC/C=C/C(=O)OCCCC(NN1CCCCC1)C(N)=O. The van der Waals surface area contributed by atoms with E-state index in [0.717, 1.165) is 38.8 Å². The lowest BCUT2D eigenvalue weighted by molar-refractivity contribution is -0.137. The Morgan fingerprint density at radius 1 is 1.12 bits per heavy atom. The summed E-state index contributed by atoms with van der Waals surface area (Å²) in [5.74, 6) is -0.664. The number of rotatable bonds is 14. The third-order valence-electron chi connectivity index (χ3n) is 4.65. The molecule has 1 aliphatic heterocycles. The van der Waals surface area contributed by atoms with Crippen molar-refractivity contribution in [3.8, 4) is 0 Å². The van der Waals surface area contributed by atoms with Crippen LogP contribution in [0.2, 0.25) is 0 Å². The van der Waals surface area contributed by atoms with Crippen molar-refractivity contribution in [2.45, 2.75) is 83.6 Å². The van der Waals surface area contributed by atoms with Crippen molar-refractivity contribution in [2.75, 3.05) is 19.7 Å². The highest BCUT2D eigenvalue weighted by molar-refractivity contribution is 5.81. The Kier molecular flexibility index (Phi) is 12.8. The first-order valence-electron chi connectivity index (χ1n) is 10.3. The summed E-state index contributed by atoms with van der Waals surface area (Å²) >= 11 is 0. The summed E-state index contributed by atoms with van der Waals surface area (Å²) < 4.78 is 5.19. The Balaban J connectivity index is 2.10. The summed E-state index contributed by atoms with van der Waals surface area (Å²) in [6.07, 6.45) is 15.1. The van der Waals surface area contributed by atoms with Gasteiger partial charge in [0.1, 0.15) is 6.04 Å². The van der Waals surface area contributed by atoms with Crippen LogP contribution in [0.25, 0.3) is 0 Å². The molecule has 0 saturated carbocycles. The number of ether oxygens (including phenoxy) is 1. The smallest absolute Gasteiger partial charge is 0.330 e. The Hall–Kier alpha value is -1.40. The number of hydrogen-bond donors (Lipinski definition) is 2. The number of amides is 1. The highest BCUT2D eigenvalue weighted by Crippen LogP contribution is 2.08. The minimum Gasteiger partial charge on any atom is -0.463 e. The van der Waals surface area contributed by atoms with Crippen LogP contribution >= 0.6 is 0 Å². The van der Waals surface area contributed by atoms with Gasteiger partial charge in [-0.2, -0.15) is 0 Å². The number of carbonyl (C=O) groups is 2. The lowest BCUT2D eigenvalue weighted by Gasteiger charge is -2.30. The molecule has 1 heterocycles. The molecule has 0 aliphatic carbocycles. The molecule has 1 amide bonds. The average Bonchev–Trinajstić information content (AvgIpc) is 2.64. The fourth-order valence-electron chi connectivity index (χ4n) is 3.07. The van der Waals surface area contributed by atoms with E-state index in [1.165, 1.54) is 38.2 Å². The maximum atomic E-state index is 11.6. The summed E-state index contributed by atoms with van der Waals surface area (Å²) in [5, 5.41) is 2.08. The Morgan fingerprint density at radius 3 is 2.54 bits per heavy atom. The number of nitrogens with zero attached hydrogens (tertiary/aromatic N) is 1. The topological polar surface area (TPSA) is 84.7 Å². The third-order valence-corrected chi connectivity index (χ3v) is 4.65. The van der Waals surface area contributed by atoms with Crippen molar-refractivity contribution >= 4 is 11.9 Å². The molecule has 0 aromatic rings. The number of piperidine rings is 1. The van der Waals surface area contributed by atoms with E-state index in [0.29, 0.717) is 19.4 Å². The maximum Gasteiger partial charge on any atom is 0.330 e. The van der Waals surface area contributed by atoms with E-state index in [1.54, 1.807) is 0 Å². The molecule has 1 aliphatic rings. The van der Waals surface area contributed by atoms with Crippen molar-refractivity contribution in [1.82, 2.24) is 10.4 Å². The van der Waals surface area contributed by atoms with Crippen LogP contribution in [0.3, 0.4) is 0 Å². The molecule has 150 valence electrons. The molecular formula is C20H37N3O3. The molecule has 26 heavy (non-hydrogen) atoms. The van der Waals surface area contributed by atoms with E-state index in [9.17, 15) is 9.59 Å². The molecule has 0 spiro atoms. The summed E-state index contributed by atoms with van der Waals surface area (Å²) in [6.45, 7) is 4.40. The molecule has 0 aromatic heterocycles. The van der Waals surface area contributed by atoms with Gasteiger partial charge >= 0.3 is 5.97 Å². The molecule has 0 aromatic carbocycles. The predicted octanol–water partition coefficient (Wildman–Crippen LogP) is 3.07. The van der Waals surface area contributed by atoms with Crippen LogP contribution in [-0.2, 0) is 14.3 Å². The second-order valence-corrected chi connectivity index (χ2v) is 7.05. The quantitative estimate of drug-likeness (QED) is 0.280. The first kappa shape index (κ1) is 22.6. The number of carbonyl (C=O) groups excluding carboxylic acids is 2. The van der Waals surface area contributed by atoms with Gasteiger partial charge in [0.05, 0.1) is 6.61 Å². The van der Waals surface area contributed by atoms with Crippen LogP contribution in [0, 0.1) is 0 Å². The molecule has 6 nitrogen and oxygen atoms in total. The number of allylic oxidation sites excluding steroid dienone is 1. The van der Waals surface area contributed by atoms with E-state index in [-0.39, 0.29) is 11.9 Å². The van der Waals surface area contributed by atoms with E-state index in [2.05, 4.69) is 17.4 Å². The molecular weight excluding hydrogens is 330 g/mol. The summed E-state index contributed by atoms with van der Waals surface area (Å²) in [4.78, 5) is 23.2. The molecule has 1 unspecified atom stereocenters. The highest BCUT2D eigenvalue weighted by Gasteiger charge is 2.19. The minimum atomic E-state index is -0.398. The van der Waals surface area contributed by atoms with E-state index in [4.69, 9.17) is 10.5 Å². The lowest BCUT2D eigenvalue weighted by atomic mass is 10.1. The molecule has 0 bridgehead atoms. The van der Waals surface area contributed by atoms with Crippen molar-refractivity contribution < 1.29 is 14.3 Å². The number of unbranched alkanes of at least 4 members (excludes halogenated alkanes) is 5. The van der Waals surface area contributed by atoms with Crippen LogP contribution in [-0.4, -0.2) is 42.6 Å². The van der Waals surface area contributed by atoms with Crippen LogP contribution < -0.4 is 11.2 Å². The summed E-state index contributed by atoms with van der Waals surface area (Å²) in [7, 11) is 0. The molecule has 6 heteroatoms. The zero-order valence-electron chi connectivity index (χ0n) is 16.4. The number of nitrogens with two attached hydrogens (primary N) is 1. The minimum absolute atomic E-state index is 0.307. The molecule has 1 atom stereocenters. The second-order valence-electron chi connectivity index (χ2n) is 7.05. The molecule has 1 rings (SSSR count). The van der Waals surface area contributed by atoms with E-state index in [1.807, 2.05) is 6.08 Å². The standard InChI is InChI=1S/C20H37N3O3/c1-2-3-4-5-6-7-9-14-19(24)26-17-12-13-18(20(21)25)22-23-15-10-8-11-16-23/h9,14,18,22H,2-8,10-13,15-17H2,1H3,(H2,21,25)/b14-9+. The van der Waals surface area contributed by atoms with Gasteiger partial charge in [0.2, 0.25) is 5.91 Å². The highest BCUT2D eigenvalue weighted by atomic mass is 16.5. The first-order valence-corrected chi connectivity index (χ1v) is 10.3. The van der Waals surface area contributed by atoms with E-state index < -0.39 is 6.04 Å². The number of primary amides is 1. The van der Waals surface area contributed by atoms with Crippen LogP contribution in [0.5, 0.6) is 0 Å². The van der Waals surface area contributed by atoms with Crippen molar-refractivity contribution in [3.05, 3.63) is 12.2 Å². The van der Waals surface area contributed by atoms with Crippen molar-refractivity contribution in [3.63, 3.8) is 0 Å². The summed E-state index contributed by atoms with van der Waals surface area (Å²) in [5.41, 5.74) is 8.68. The zero-order chi connectivity index (χ0) is 19.0. The van der Waals surface area contributed by atoms with Gasteiger partial charge in [-0.15, -0.1) is 0 Å². The van der Waals surface area contributed by atoms with Gasteiger partial charge in [-0.1, -0.05) is 45.1 Å². The second kappa shape index (κ2) is 14.7. The maximum absolute atomic E-state index is 11.6. The first-order chi connectivity index (χ1) is 12.6. The van der Waals surface area contributed by atoms with Gasteiger partial charge < -0.3 is 10.5 Å². The van der Waals surface area contributed by atoms with Gasteiger partial charge in [-0.05, 0) is 38.5 Å². The Bertz CT molecular complexity index is 421. The molecule has 1 saturated heterocycles. The van der Waals surface area contributed by atoms with Gasteiger partial charge in [-0.25, -0.2) is 15.2 Å². The normalized spacial score (nSPS) is 16.7. The number of hydrogen-bond acceptors (Lipinski definition) is 5.